The van der Waals surface area contributed by atoms with E-state index < -0.39 is 17.3 Å². The molecule has 0 aromatic heterocycles. The van der Waals surface area contributed by atoms with E-state index in [1.165, 1.54) is 18.7 Å². The number of rotatable bonds is 9. The van der Waals surface area contributed by atoms with Crippen LogP contribution in [0.2, 0.25) is 0 Å². The summed E-state index contributed by atoms with van der Waals surface area (Å²) < 4.78 is 0. The Labute approximate surface area is 146 Å². The highest BCUT2D eigenvalue weighted by molar-refractivity contribution is 8.00. The normalized spacial score (nSPS) is 13.0. The first-order chi connectivity index (χ1) is 11.3. The van der Waals surface area contributed by atoms with Crippen LogP contribution in [0.5, 0.6) is 0 Å². The number of carbonyl (C=O) groups excluding carboxylic acids is 2. The number of carboxylic acid groups (broad SMARTS) is 1. The van der Waals surface area contributed by atoms with Gasteiger partial charge < -0.3 is 15.7 Å². The molecule has 1 unspecified atom stereocenters. The van der Waals surface area contributed by atoms with Crippen LogP contribution in [0, 0.1) is 0 Å². The molecule has 7 heteroatoms. The number of carbonyl (C=O) groups is 3. The van der Waals surface area contributed by atoms with E-state index in [1.54, 1.807) is 19.1 Å². The molecule has 2 amide bonds. The summed E-state index contributed by atoms with van der Waals surface area (Å²) in [5.41, 5.74) is 0.689. The zero-order chi connectivity index (χ0) is 18.1. The van der Waals surface area contributed by atoms with Gasteiger partial charge in [0.05, 0.1) is 5.25 Å². The topological polar surface area (TPSA) is 95.5 Å². The second-order valence-corrected chi connectivity index (χ2v) is 6.92. The summed E-state index contributed by atoms with van der Waals surface area (Å²) in [5, 5.41) is 14.0. The molecule has 0 aliphatic rings. The van der Waals surface area contributed by atoms with Crippen LogP contribution in [0.3, 0.4) is 0 Å². The van der Waals surface area contributed by atoms with Crippen LogP contribution in [-0.2, 0) is 14.4 Å². The van der Waals surface area contributed by atoms with E-state index in [4.69, 9.17) is 5.11 Å². The first-order valence-electron chi connectivity index (χ1n) is 7.91. The average Bonchev–Trinajstić information content (AvgIpc) is 2.52. The summed E-state index contributed by atoms with van der Waals surface area (Å²) >= 11 is 1.34. The minimum atomic E-state index is -1.01. The minimum Gasteiger partial charge on any atom is -0.480 e. The number of nitrogens with one attached hydrogen (secondary N) is 2. The van der Waals surface area contributed by atoms with Crippen LogP contribution in [0.4, 0.5) is 5.69 Å². The maximum absolute atomic E-state index is 12.2. The largest absolute Gasteiger partial charge is 0.480 e. The maximum Gasteiger partial charge on any atom is 0.326 e. The van der Waals surface area contributed by atoms with Gasteiger partial charge in [0, 0.05) is 17.5 Å². The predicted octanol–water partition coefficient (Wildman–Crippen LogP) is 2.89. The number of aliphatic carboxylic acids is 1. The van der Waals surface area contributed by atoms with E-state index in [0.717, 1.165) is 17.7 Å². The van der Waals surface area contributed by atoms with E-state index in [1.807, 2.05) is 19.1 Å². The lowest BCUT2D eigenvalue weighted by atomic mass is 10.1. The van der Waals surface area contributed by atoms with Crippen molar-refractivity contribution in [1.82, 2.24) is 5.32 Å². The number of benzene rings is 1. The monoisotopic (exact) mass is 352 g/mol. The number of thioether (sulfide) groups is 1. The predicted molar refractivity (Wildman–Crippen MR) is 95.2 cm³/mol. The lowest BCUT2D eigenvalue weighted by molar-refractivity contribution is -0.141. The molecule has 0 bridgehead atoms. The van der Waals surface area contributed by atoms with Crippen LogP contribution >= 0.6 is 11.8 Å². The van der Waals surface area contributed by atoms with Gasteiger partial charge in [-0.2, -0.15) is 0 Å². The third-order valence-corrected chi connectivity index (χ3v) is 4.43. The Hall–Kier alpha value is -2.02. The Morgan fingerprint density at radius 2 is 1.83 bits per heavy atom. The highest BCUT2D eigenvalue weighted by Gasteiger charge is 2.22. The lowest BCUT2D eigenvalue weighted by Crippen LogP contribution is -2.43. The highest BCUT2D eigenvalue weighted by Crippen LogP contribution is 2.25. The van der Waals surface area contributed by atoms with Gasteiger partial charge in [-0.1, -0.05) is 19.8 Å². The molecule has 0 radical (unpaired) electrons. The molecule has 0 saturated heterocycles. The lowest BCUT2D eigenvalue weighted by Gasteiger charge is -2.17. The molecule has 0 saturated carbocycles. The maximum atomic E-state index is 12.2. The van der Waals surface area contributed by atoms with Gasteiger partial charge in [-0.15, -0.1) is 11.8 Å². The Balaban J connectivity index is 2.59. The number of amides is 2. The van der Waals surface area contributed by atoms with Crippen molar-refractivity contribution in [3.8, 4) is 0 Å². The molecule has 0 spiro atoms. The van der Waals surface area contributed by atoms with Crippen molar-refractivity contribution >= 4 is 35.2 Å². The quantitative estimate of drug-likeness (QED) is 0.594. The number of hydrogen-bond acceptors (Lipinski definition) is 4. The summed E-state index contributed by atoms with van der Waals surface area (Å²) in [7, 11) is 0. The first-order valence-corrected chi connectivity index (χ1v) is 8.79. The zero-order valence-electron chi connectivity index (χ0n) is 14.2. The molecule has 2 atom stereocenters. The molecule has 1 rings (SSSR count). The van der Waals surface area contributed by atoms with Gasteiger partial charge in [0.1, 0.15) is 6.04 Å². The third kappa shape index (κ3) is 7.04. The molecule has 132 valence electrons. The van der Waals surface area contributed by atoms with E-state index in [2.05, 4.69) is 10.6 Å². The molecule has 3 N–H and O–H groups in total. The molecule has 6 nitrogen and oxygen atoms in total. The van der Waals surface area contributed by atoms with Gasteiger partial charge in [0.15, 0.2) is 0 Å². The Bertz CT molecular complexity index is 574. The summed E-state index contributed by atoms with van der Waals surface area (Å²) in [6.45, 7) is 5.15. The molecule has 0 heterocycles. The fourth-order valence-corrected chi connectivity index (χ4v) is 2.91. The van der Waals surface area contributed by atoms with Crippen molar-refractivity contribution in [2.24, 2.45) is 0 Å². The fraction of sp³-hybridized carbons (Fsp3) is 0.471. The third-order valence-electron chi connectivity index (χ3n) is 3.32. The van der Waals surface area contributed by atoms with Crippen LogP contribution in [0.15, 0.2) is 29.2 Å². The Morgan fingerprint density at radius 3 is 2.33 bits per heavy atom. The molecule has 0 aliphatic heterocycles. The average molecular weight is 352 g/mol. The molecule has 0 aliphatic carbocycles. The van der Waals surface area contributed by atoms with Crippen LogP contribution in [-0.4, -0.2) is 34.2 Å². The van der Waals surface area contributed by atoms with Gasteiger partial charge in [-0.25, -0.2) is 4.79 Å². The first kappa shape index (κ1) is 20.0. The van der Waals surface area contributed by atoms with Crippen molar-refractivity contribution in [2.75, 3.05) is 5.32 Å². The van der Waals surface area contributed by atoms with Crippen LogP contribution in [0.25, 0.3) is 0 Å². The smallest absolute Gasteiger partial charge is 0.326 e. The molecule has 0 fully saturated rings. The zero-order valence-corrected chi connectivity index (χ0v) is 15.0. The number of unbranched alkanes of at least 4 members (excludes halogenated alkanes) is 1. The van der Waals surface area contributed by atoms with Crippen molar-refractivity contribution in [2.45, 2.75) is 56.2 Å². The molecular formula is C17H24N2O4S. The van der Waals surface area contributed by atoms with E-state index >= 15 is 0 Å². The fourth-order valence-electron chi connectivity index (χ4n) is 2.03. The van der Waals surface area contributed by atoms with Gasteiger partial charge in [-0.3, -0.25) is 9.59 Å². The van der Waals surface area contributed by atoms with Gasteiger partial charge in [-0.05, 0) is 37.6 Å². The van der Waals surface area contributed by atoms with E-state index in [0.29, 0.717) is 12.1 Å². The van der Waals surface area contributed by atoms with Crippen molar-refractivity contribution < 1.29 is 19.5 Å². The van der Waals surface area contributed by atoms with Crippen LogP contribution < -0.4 is 10.6 Å². The highest BCUT2D eigenvalue weighted by atomic mass is 32.2. The standard InChI is InChI=1S/C17H24N2O4S/c1-4-5-6-15(17(22)23)19-16(21)11(2)24-14-9-7-13(8-10-14)18-12(3)20/h7-11,15H,4-6H2,1-3H3,(H,18,20)(H,19,21)(H,22,23)/t11?,15-/m0/s1. The van der Waals surface area contributed by atoms with Gasteiger partial charge in [0.2, 0.25) is 11.8 Å². The number of anilines is 1. The Kier molecular flexibility index (Phi) is 8.32. The molecule has 24 heavy (non-hydrogen) atoms. The molecular weight excluding hydrogens is 328 g/mol. The molecule has 1 aromatic rings. The van der Waals surface area contributed by atoms with E-state index in [-0.39, 0.29) is 11.8 Å². The number of carboxylic acids is 1. The van der Waals surface area contributed by atoms with Crippen molar-refractivity contribution in [3.63, 3.8) is 0 Å². The summed E-state index contributed by atoms with van der Waals surface area (Å²) in [6.07, 6.45) is 2.06. The van der Waals surface area contributed by atoms with Gasteiger partial charge >= 0.3 is 5.97 Å². The SMILES string of the molecule is CCCC[C@H](NC(=O)C(C)Sc1ccc(NC(C)=O)cc1)C(=O)O. The molecule has 1 aromatic carbocycles. The van der Waals surface area contributed by atoms with Gasteiger partial charge in [0.25, 0.3) is 0 Å². The summed E-state index contributed by atoms with van der Waals surface area (Å²) in [4.78, 5) is 35.2. The van der Waals surface area contributed by atoms with Crippen LogP contribution in [0.1, 0.15) is 40.0 Å². The second-order valence-electron chi connectivity index (χ2n) is 5.51. The summed E-state index contributed by atoms with van der Waals surface area (Å²) in [6, 6.07) is 6.30. The van der Waals surface area contributed by atoms with Crippen molar-refractivity contribution in [1.29, 1.82) is 0 Å². The minimum absolute atomic E-state index is 0.144. The number of hydrogen-bond donors (Lipinski definition) is 3. The van der Waals surface area contributed by atoms with E-state index in [9.17, 15) is 14.4 Å². The second kappa shape index (κ2) is 9.97. The van der Waals surface area contributed by atoms with Crippen molar-refractivity contribution in [3.05, 3.63) is 24.3 Å². The Morgan fingerprint density at radius 1 is 1.21 bits per heavy atom. The summed E-state index contributed by atoms with van der Waals surface area (Å²) in [5.74, 6) is -1.45.